The van der Waals surface area contributed by atoms with Crippen molar-refractivity contribution >= 4 is 53.5 Å². The van der Waals surface area contributed by atoms with Crippen LogP contribution in [0.5, 0.6) is 0 Å². The Balaban J connectivity index is 1.91. The third-order valence-electron chi connectivity index (χ3n) is 6.12. The third kappa shape index (κ3) is 2.13. The van der Waals surface area contributed by atoms with E-state index in [-0.39, 0.29) is 0 Å². The molecule has 1 N–H and O–H groups in total. The van der Waals surface area contributed by atoms with Crippen LogP contribution in [0, 0.1) is 16.7 Å². The molecule has 2 fully saturated rings. The second-order valence-electron chi connectivity index (χ2n) is 7.05. The van der Waals surface area contributed by atoms with Gasteiger partial charge in [0.05, 0.1) is 5.69 Å². The maximum atomic E-state index is 3.82. The van der Waals surface area contributed by atoms with Gasteiger partial charge in [-0.15, -0.1) is 0 Å². The zero-order chi connectivity index (χ0) is 14.7. The summed E-state index contributed by atoms with van der Waals surface area (Å²) in [6.07, 6.45) is 4.02. The molecule has 2 bridgehead atoms. The fraction of sp³-hybridized carbons (Fsp3) is 0.625. The van der Waals surface area contributed by atoms with Gasteiger partial charge in [-0.05, 0) is 80.0 Å². The standard InChI is InChI=1S/C16H20Br3N/c1-15(2)9-4-5-16(15,3)13(6-9)20-14-11(18)7-10(17)8-12(14)19/h7-9,13,20H,4-6H2,1-3H3. The molecule has 3 atom stereocenters. The van der Waals surface area contributed by atoms with E-state index in [1.54, 1.807) is 0 Å². The van der Waals surface area contributed by atoms with Gasteiger partial charge in [0, 0.05) is 19.5 Å². The molecular weight excluding hydrogens is 446 g/mol. The van der Waals surface area contributed by atoms with Gasteiger partial charge in [-0.1, -0.05) is 36.7 Å². The molecule has 3 rings (SSSR count). The number of halogens is 3. The van der Waals surface area contributed by atoms with Crippen LogP contribution >= 0.6 is 47.8 Å². The lowest BCUT2D eigenvalue weighted by molar-refractivity contribution is 0.142. The molecule has 110 valence electrons. The van der Waals surface area contributed by atoms with Crippen LogP contribution < -0.4 is 5.32 Å². The van der Waals surface area contributed by atoms with E-state index in [1.165, 1.54) is 24.9 Å². The van der Waals surface area contributed by atoms with Gasteiger partial charge < -0.3 is 5.32 Å². The van der Waals surface area contributed by atoms with E-state index in [4.69, 9.17) is 0 Å². The van der Waals surface area contributed by atoms with E-state index in [2.05, 4.69) is 86.0 Å². The molecule has 1 aromatic carbocycles. The highest BCUT2D eigenvalue weighted by Crippen LogP contribution is 2.66. The minimum atomic E-state index is 0.392. The summed E-state index contributed by atoms with van der Waals surface area (Å²) in [6.45, 7) is 7.38. The molecule has 2 aliphatic carbocycles. The van der Waals surface area contributed by atoms with Crippen molar-refractivity contribution in [2.75, 3.05) is 5.32 Å². The Morgan fingerprint density at radius 1 is 1.10 bits per heavy atom. The Bertz CT molecular complexity index is 532. The van der Waals surface area contributed by atoms with Gasteiger partial charge in [0.1, 0.15) is 0 Å². The highest BCUT2D eigenvalue weighted by atomic mass is 79.9. The van der Waals surface area contributed by atoms with Crippen LogP contribution in [0.1, 0.15) is 40.0 Å². The maximum absolute atomic E-state index is 3.82. The average molecular weight is 466 g/mol. The number of fused-ring (bicyclic) bond motifs is 2. The molecule has 1 nitrogen and oxygen atoms in total. The number of rotatable bonds is 2. The lowest BCUT2D eigenvalue weighted by Crippen LogP contribution is -2.40. The molecule has 3 unspecified atom stereocenters. The number of hydrogen-bond donors (Lipinski definition) is 1. The molecular formula is C16H20Br3N. The predicted molar refractivity (Wildman–Crippen MR) is 96.2 cm³/mol. The summed E-state index contributed by atoms with van der Waals surface area (Å²) in [7, 11) is 0. The molecule has 1 aromatic rings. The molecule has 0 aliphatic heterocycles. The van der Waals surface area contributed by atoms with E-state index in [1.807, 2.05) is 0 Å². The van der Waals surface area contributed by atoms with Gasteiger partial charge in [-0.2, -0.15) is 0 Å². The molecule has 0 radical (unpaired) electrons. The van der Waals surface area contributed by atoms with Crippen LogP contribution in [0.2, 0.25) is 0 Å². The fourth-order valence-corrected chi connectivity index (χ4v) is 6.76. The summed E-state index contributed by atoms with van der Waals surface area (Å²) in [6, 6.07) is 4.77. The van der Waals surface area contributed by atoms with Crippen molar-refractivity contribution in [3.63, 3.8) is 0 Å². The summed E-state index contributed by atoms with van der Waals surface area (Å²) >= 11 is 10.9. The van der Waals surface area contributed by atoms with E-state index in [9.17, 15) is 0 Å². The van der Waals surface area contributed by atoms with Crippen molar-refractivity contribution in [2.45, 2.75) is 46.1 Å². The predicted octanol–water partition coefficient (Wildman–Crippen LogP) is 6.60. The molecule has 0 heterocycles. The van der Waals surface area contributed by atoms with Crippen LogP contribution in [-0.4, -0.2) is 6.04 Å². The van der Waals surface area contributed by atoms with Crippen LogP contribution in [0.3, 0.4) is 0 Å². The molecule has 0 spiro atoms. The summed E-state index contributed by atoms with van der Waals surface area (Å²) in [5.74, 6) is 0.859. The lowest BCUT2D eigenvalue weighted by Gasteiger charge is -2.40. The largest absolute Gasteiger partial charge is 0.380 e. The first kappa shape index (κ1) is 15.4. The number of nitrogens with one attached hydrogen (secondary N) is 1. The van der Waals surface area contributed by atoms with E-state index < -0.39 is 0 Å². The molecule has 2 aliphatic rings. The van der Waals surface area contributed by atoms with Crippen molar-refractivity contribution in [3.05, 3.63) is 25.6 Å². The van der Waals surface area contributed by atoms with E-state index in [0.717, 1.165) is 19.3 Å². The Kier molecular flexibility index (Phi) is 3.83. The fourth-order valence-electron chi connectivity index (χ4n) is 4.28. The molecule has 20 heavy (non-hydrogen) atoms. The third-order valence-corrected chi connectivity index (χ3v) is 7.83. The van der Waals surface area contributed by atoms with Crippen molar-refractivity contribution < 1.29 is 0 Å². The monoisotopic (exact) mass is 463 g/mol. The zero-order valence-corrected chi connectivity index (χ0v) is 16.8. The van der Waals surface area contributed by atoms with Crippen LogP contribution in [-0.2, 0) is 0 Å². The summed E-state index contributed by atoms with van der Waals surface area (Å²) < 4.78 is 3.31. The van der Waals surface area contributed by atoms with E-state index >= 15 is 0 Å². The molecule has 0 saturated heterocycles. The Labute approximate surface area is 146 Å². The Morgan fingerprint density at radius 3 is 2.15 bits per heavy atom. The average Bonchev–Trinajstić information content (AvgIpc) is 2.66. The van der Waals surface area contributed by atoms with Crippen molar-refractivity contribution in [2.24, 2.45) is 16.7 Å². The smallest absolute Gasteiger partial charge is 0.0632 e. The highest BCUT2D eigenvalue weighted by molar-refractivity contribution is 9.11. The van der Waals surface area contributed by atoms with Crippen molar-refractivity contribution in [3.8, 4) is 0 Å². The number of hydrogen-bond acceptors (Lipinski definition) is 1. The molecule has 0 amide bonds. The minimum absolute atomic E-state index is 0.392. The number of anilines is 1. The normalized spacial score (nSPS) is 34.5. The maximum Gasteiger partial charge on any atom is 0.0632 e. The molecule has 2 saturated carbocycles. The lowest BCUT2D eigenvalue weighted by atomic mass is 9.69. The Hall–Kier alpha value is 0.460. The first-order chi connectivity index (χ1) is 9.25. The number of benzene rings is 1. The summed E-state index contributed by atoms with van der Waals surface area (Å²) in [4.78, 5) is 0. The first-order valence-electron chi connectivity index (χ1n) is 7.17. The highest BCUT2D eigenvalue weighted by Gasteiger charge is 2.61. The Morgan fingerprint density at radius 2 is 1.70 bits per heavy atom. The second kappa shape index (κ2) is 4.99. The zero-order valence-electron chi connectivity index (χ0n) is 12.1. The van der Waals surface area contributed by atoms with Gasteiger partial charge in [0.2, 0.25) is 0 Å². The summed E-state index contributed by atoms with van der Waals surface area (Å²) in [5.41, 5.74) is 2.02. The van der Waals surface area contributed by atoms with Gasteiger partial charge in [-0.25, -0.2) is 0 Å². The van der Waals surface area contributed by atoms with Gasteiger partial charge >= 0.3 is 0 Å². The minimum Gasteiger partial charge on any atom is -0.380 e. The van der Waals surface area contributed by atoms with Crippen molar-refractivity contribution in [1.82, 2.24) is 0 Å². The van der Waals surface area contributed by atoms with Crippen molar-refractivity contribution in [1.29, 1.82) is 0 Å². The van der Waals surface area contributed by atoms with Crippen LogP contribution in [0.4, 0.5) is 5.69 Å². The quantitative estimate of drug-likeness (QED) is 0.518. The van der Waals surface area contributed by atoms with Gasteiger partial charge in [0.25, 0.3) is 0 Å². The topological polar surface area (TPSA) is 12.0 Å². The molecule has 4 heteroatoms. The van der Waals surface area contributed by atoms with E-state index in [0.29, 0.717) is 16.9 Å². The van der Waals surface area contributed by atoms with Gasteiger partial charge in [0.15, 0.2) is 0 Å². The molecule has 0 aromatic heterocycles. The van der Waals surface area contributed by atoms with Crippen LogP contribution in [0.25, 0.3) is 0 Å². The SMILES string of the molecule is CC1(C)C2CCC1(C)C(Nc1c(Br)cc(Br)cc1Br)C2. The van der Waals surface area contributed by atoms with Crippen LogP contribution in [0.15, 0.2) is 25.6 Å². The second-order valence-corrected chi connectivity index (χ2v) is 9.68. The van der Waals surface area contributed by atoms with Gasteiger partial charge in [-0.3, -0.25) is 0 Å². The summed E-state index contributed by atoms with van der Waals surface area (Å²) in [5, 5.41) is 3.82. The first-order valence-corrected chi connectivity index (χ1v) is 9.54.